The number of hydrogen-bond donors (Lipinski definition) is 1. The van der Waals surface area contributed by atoms with Crippen molar-refractivity contribution in [1.82, 2.24) is 4.90 Å². The van der Waals surface area contributed by atoms with Crippen molar-refractivity contribution in [1.29, 1.82) is 0 Å². The summed E-state index contributed by atoms with van der Waals surface area (Å²) in [5, 5.41) is 10.6. The first-order valence-corrected chi connectivity index (χ1v) is 7.84. The molecule has 0 radical (unpaired) electrons. The SMILES string of the molecule is OCCC#Cc1ccsc1CN1CCCC(C(F)(F)F)C1. The van der Waals surface area contributed by atoms with Crippen molar-refractivity contribution >= 4 is 11.3 Å². The number of rotatable bonds is 3. The Morgan fingerprint density at radius 1 is 1.43 bits per heavy atom. The summed E-state index contributed by atoms with van der Waals surface area (Å²) < 4.78 is 38.4. The van der Waals surface area contributed by atoms with Crippen LogP contribution in [0.5, 0.6) is 0 Å². The Morgan fingerprint density at radius 2 is 2.24 bits per heavy atom. The molecule has 0 saturated carbocycles. The molecule has 0 bridgehead atoms. The maximum absolute atomic E-state index is 12.8. The molecule has 0 spiro atoms. The van der Waals surface area contributed by atoms with E-state index in [0.717, 1.165) is 10.4 Å². The standard InChI is InChI=1S/C15H18F3NOS/c16-15(17,18)13-5-3-7-19(10-13)11-14-12(6-9-21-14)4-1-2-8-20/h6,9,13,20H,2-3,5,7-8,10-11H2. The number of alkyl halides is 3. The zero-order chi connectivity index (χ0) is 15.3. The zero-order valence-corrected chi connectivity index (χ0v) is 12.4. The van der Waals surface area contributed by atoms with Gasteiger partial charge in [-0.25, -0.2) is 0 Å². The molecule has 2 heterocycles. The molecule has 1 saturated heterocycles. The minimum absolute atomic E-state index is 0.0197. The van der Waals surface area contributed by atoms with Crippen molar-refractivity contribution in [3.8, 4) is 11.8 Å². The second-order valence-corrected chi connectivity index (χ2v) is 6.15. The lowest BCUT2D eigenvalue weighted by molar-refractivity contribution is -0.187. The Kier molecular flexibility index (Phi) is 5.68. The number of halogens is 3. The minimum atomic E-state index is -4.10. The fourth-order valence-electron chi connectivity index (χ4n) is 2.46. The highest BCUT2D eigenvalue weighted by Gasteiger charge is 2.41. The van der Waals surface area contributed by atoms with Crippen LogP contribution in [0, 0.1) is 17.8 Å². The fraction of sp³-hybridized carbons (Fsp3) is 0.600. The van der Waals surface area contributed by atoms with Crippen LogP contribution in [0.1, 0.15) is 29.7 Å². The molecule has 116 valence electrons. The molecule has 1 atom stereocenters. The lowest BCUT2D eigenvalue weighted by Gasteiger charge is -2.33. The van der Waals surface area contributed by atoms with Gasteiger partial charge in [-0.05, 0) is 30.8 Å². The van der Waals surface area contributed by atoms with Crippen molar-refractivity contribution < 1.29 is 18.3 Å². The first-order chi connectivity index (χ1) is 10.0. The molecular formula is C15H18F3NOS. The predicted molar refractivity (Wildman–Crippen MR) is 77.0 cm³/mol. The van der Waals surface area contributed by atoms with Crippen LogP contribution in [0.3, 0.4) is 0 Å². The average molecular weight is 317 g/mol. The molecule has 0 aliphatic carbocycles. The Bertz CT molecular complexity index is 515. The van der Waals surface area contributed by atoms with Crippen molar-refractivity contribution in [2.24, 2.45) is 5.92 Å². The number of hydrogen-bond acceptors (Lipinski definition) is 3. The molecule has 2 nitrogen and oxygen atoms in total. The van der Waals surface area contributed by atoms with Crippen LogP contribution >= 0.6 is 11.3 Å². The molecule has 1 unspecified atom stereocenters. The maximum atomic E-state index is 12.8. The second kappa shape index (κ2) is 7.30. The van der Waals surface area contributed by atoms with E-state index < -0.39 is 12.1 Å². The van der Waals surface area contributed by atoms with Crippen LogP contribution in [0.2, 0.25) is 0 Å². The number of nitrogens with zero attached hydrogens (tertiary/aromatic N) is 1. The van der Waals surface area contributed by atoms with Gasteiger partial charge in [-0.3, -0.25) is 4.90 Å². The smallest absolute Gasteiger partial charge is 0.393 e. The zero-order valence-electron chi connectivity index (χ0n) is 11.6. The minimum Gasteiger partial charge on any atom is -0.395 e. The van der Waals surface area contributed by atoms with Crippen LogP contribution in [-0.2, 0) is 6.54 Å². The molecule has 1 aliphatic heterocycles. The molecule has 1 aromatic rings. The molecule has 6 heteroatoms. The molecule has 2 rings (SSSR count). The van der Waals surface area contributed by atoms with Gasteiger partial charge >= 0.3 is 6.18 Å². The number of aliphatic hydroxyl groups excluding tert-OH is 1. The highest BCUT2D eigenvalue weighted by molar-refractivity contribution is 7.10. The molecule has 1 fully saturated rings. The summed E-state index contributed by atoms with van der Waals surface area (Å²) in [6.07, 6.45) is -2.87. The van der Waals surface area contributed by atoms with Crippen LogP contribution < -0.4 is 0 Å². The van der Waals surface area contributed by atoms with Gasteiger partial charge in [0.05, 0.1) is 12.5 Å². The summed E-state index contributed by atoms with van der Waals surface area (Å²) in [5.41, 5.74) is 0.864. The van der Waals surface area contributed by atoms with Gasteiger partial charge in [0.2, 0.25) is 0 Å². The van der Waals surface area contributed by atoms with Gasteiger partial charge in [-0.1, -0.05) is 11.8 Å². The summed E-state index contributed by atoms with van der Waals surface area (Å²) in [5.74, 6) is 4.62. The quantitative estimate of drug-likeness (QED) is 0.865. The van der Waals surface area contributed by atoms with E-state index in [1.54, 1.807) is 0 Å². The van der Waals surface area contributed by atoms with Gasteiger partial charge in [0, 0.05) is 30.0 Å². The number of piperidine rings is 1. The second-order valence-electron chi connectivity index (χ2n) is 5.15. The maximum Gasteiger partial charge on any atom is 0.393 e. The van der Waals surface area contributed by atoms with E-state index in [1.807, 2.05) is 16.3 Å². The highest BCUT2D eigenvalue weighted by atomic mass is 32.1. The summed E-state index contributed by atoms with van der Waals surface area (Å²) in [4.78, 5) is 2.87. The molecule has 21 heavy (non-hydrogen) atoms. The fourth-order valence-corrected chi connectivity index (χ4v) is 3.33. The summed E-state index contributed by atoms with van der Waals surface area (Å²) in [6.45, 7) is 1.32. The lowest BCUT2D eigenvalue weighted by Crippen LogP contribution is -2.41. The number of aliphatic hydroxyl groups is 1. The third-order valence-electron chi connectivity index (χ3n) is 3.54. The first-order valence-electron chi connectivity index (χ1n) is 6.96. The van der Waals surface area contributed by atoms with Crippen LogP contribution in [0.4, 0.5) is 13.2 Å². The third kappa shape index (κ3) is 4.73. The molecule has 1 N–H and O–H groups in total. The van der Waals surface area contributed by atoms with Crippen molar-refractivity contribution in [2.45, 2.75) is 32.0 Å². The summed E-state index contributed by atoms with van der Waals surface area (Å²) in [7, 11) is 0. The van der Waals surface area contributed by atoms with E-state index in [1.165, 1.54) is 11.3 Å². The molecule has 0 amide bonds. The molecule has 1 aromatic heterocycles. The predicted octanol–water partition coefficient (Wildman–Crippen LogP) is 3.26. The van der Waals surface area contributed by atoms with E-state index in [-0.39, 0.29) is 19.6 Å². The van der Waals surface area contributed by atoms with E-state index in [4.69, 9.17) is 5.11 Å². The topological polar surface area (TPSA) is 23.5 Å². The van der Waals surface area contributed by atoms with E-state index >= 15 is 0 Å². The van der Waals surface area contributed by atoms with Crippen molar-refractivity contribution in [3.63, 3.8) is 0 Å². The Hall–Kier alpha value is -1.03. The largest absolute Gasteiger partial charge is 0.395 e. The monoisotopic (exact) mass is 317 g/mol. The van der Waals surface area contributed by atoms with Gasteiger partial charge in [-0.2, -0.15) is 13.2 Å². The Morgan fingerprint density at radius 3 is 2.95 bits per heavy atom. The molecule has 0 aromatic carbocycles. The summed E-state index contributed by atoms with van der Waals surface area (Å²) >= 11 is 1.52. The van der Waals surface area contributed by atoms with Gasteiger partial charge in [0.1, 0.15) is 0 Å². The van der Waals surface area contributed by atoms with Crippen LogP contribution in [-0.4, -0.2) is 35.9 Å². The van der Waals surface area contributed by atoms with E-state index in [0.29, 0.717) is 25.9 Å². The van der Waals surface area contributed by atoms with E-state index in [2.05, 4.69) is 11.8 Å². The van der Waals surface area contributed by atoms with Gasteiger partial charge in [0.15, 0.2) is 0 Å². The van der Waals surface area contributed by atoms with Crippen LogP contribution in [0.15, 0.2) is 11.4 Å². The molecule has 1 aliphatic rings. The Balaban J connectivity index is 1.99. The van der Waals surface area contributed by atoms with Gasteiger partial charge in [-0.15, -0.1) is 11.3 Å². The van der Waals surface area contributed by atoms with Crippen LogP contribution in [0.25, 0.3) is 0 Å². The third-order valence-corrected chi connectivity index (χ3v) is 4.45. The number of likely N-dealkylation sites (tertiary alicyclic amines) is 1. The molecular weight excluding hydrogens is 299 g/mol. The number of thiophene rings is 1. The van der Waals surface area contributed by atoms with Gasteiger partial charge < -0.3 is 5.11 Å². The lowest BCUT2D eigenvalue weighted by atomic mass is 9.97. The van der Waals surface area contributed by atoms with Gasteiger partial charge in [0.25, 0.3) is 0 Å². The van der Waals surface area contributed by atoms with E-state index in [9.17, 15) is 13.2 Å². The average Bonchev–Trinajstić information content (AvgIpc) is 2.86. The highest BCUT2D eigenvalue weighted by Crippen LogP contribution is 2.34. The summed E-state index contributed by atoms with van der Waals surface area (Å²) in [6, 6.07) is 1.88. The normalized spacial score (nSPS) is 20.1. The Labute approximate surface area is 126 Å². The first kappa shape index (κ1) is 16.3. The van der Waals surface area contributed by atoms with Crippen molar-refractivity contribution in [2.75, 3.05) is 19.7 Å². The van der Waals surface area contributed by atoms with Crippen molar-refractivity contribution in [3.05, 3.63) is 21.9 Å².